The smallest absolute Gasteiger partial charge is 0.320 e. The maximum absolute atomic E-state index is 12.0. The van der Waals surface area contributed by atoms with Crippen LogP contribution in [0.15, 0.2) is 67.0 Å². The van der Waals surface area contributed by atoms with Crippen molar-refractivity contribution < 1.29 is 28.8 Å². The highest BCUT2D eigenvalue weighted by Crippen LogP contribution is 2.37. The minimum atomic E-state index is -0.798. The fourth-order valence-electron chi connectivity index (χ4n) is 6.14. The molecule has 1 aromatic heterocycles. The third kappa shape index (κ3) is 6.93. The Labute approximate surface area is 268 Å². The Bertz CT molecular complexity index is 1780. The number of hydrogen-bond acceptors (Lipinski definition) is 8. The topological polar surface area (TPSA) is 114 Å². The molecule has 0 amide bonds. The van der Waals surface area contributed by atoms with Crippen molar-refractivity contribution in [2.45, 2.75) is 58.9 Å². The van der Waals surface area contributed by atoms with Crippen LogP contribution in [0.4, 0.5) is 0 Å². The van der Waals surface area contributed by atoms with Crippen LogP contribution >= 0.6 is 0 Å². The van der Waals surface area contributed by atoms with Gasteiger partial charge in [0.25, 0.3) is 0 Å². The van der Waals surface area contributed by atoms with Crippen LogP contribution in [0.2, 0.25) is 0 Å². The van der Waals surface area contributed by atoms with Gasteiger partial charge < -0.3 is 24.1 Å². The highest BCUT2D eigenvalue weighted by molar-refractivity contribution is 5.73. The number of aromatic nitrogens is 1. The van der Waals surface area contributed by atoms with Crippen molar-refractivity contribution in [2.24, 2.45) is 0 Å². The molecule has 1 atom stereocenters. The molecule has 2 aliphatic rings. The number of carboxylic acid groups (broad SMARTS) is 1. The van der Waals surface area contributed by atoms with Gasteiger partial charge in [-0.15, -0.1) is 0 Å². The maximum Gasteiger partial charge on any atom is 0.320 e. The number of carbonyl (C=O) groups is 1. The number of nitriles is 1. The Balaban J connectivity index is 1.25. The predicted molar refractivity (Wildman–Crippen MR) is 172 cm³/mol. The molecular formula is C37H37N3O6. The van der Waals surface area contributed by atoms with Gasteiger partial charge in [0.05, 0.1) is 5.56 Å². The van der Waals surface area contributed by atoms with Crippen molar-refractivity contribution in [3.05, 3.63) is 100 Å². The zero-order valence-corrected chi connectivity index (χ0v) is 26.1. The number of aryl methyl sites for hydroxylation is 1. The van der Waals surface area contributed by atoms with E-state index in [1.807, 2.05) is 48.2 Å². The van der Waals surface area contributed by atoms with Gasteiger partial charge in [0.2, 0.25) is 0 Å². The lowest BCUT2D eigenvalue weighted by atomic mass is 9.96. The number of rotatable bonds is 10. The number of piperidine rings is 1. The second-order valence-corrected chi connectivity index (χ2v) is 11.8. The third-order valence-corrected chi connectivity index (χ3v) is 8.68. The molecule has 3 heterocycles. The van der Waals surface area contributed by atoms with E-state index in [0.717, 1.165) is 63.3 Å². The van der Waals surface area contributed by atoms with Crippen molar-refractivity contribution in [2.75, 3.05) is 19.8 Å². The lowest BCUT2D eigenvalue weighted by molar-refractivity contribution is -0.144. The molecule has 9 heteroatoms. The van der Waals surface area contributed by atoms with E-state index in [9.17, 15) is 15.2 Å². The molecule has 1 saturated heterocycles. The Morgan fingerprint density at radius 3 is 2.70 bits per heavy atom. The molecule has 0 unspecified atom stereocenters. The summed E-state index contributed by atoms with van der Waals surface area (Å²) in [5, 5.41) is 19.2. The zero-order valence-electron chi connectivity index (χ0n) is 26.1. The second-order valence-electron chi connectivity index (χ2n) is 11.8. The van der Waals surface area contributed by atoms with Gasteiger partial charge in [-0.1, -0.05) is 30.7 Å². The monoisotopic (exact) mass is 619 g/mol. The largest absolute Gasteiger partial charge is 0.489 e. The minimum absolute atomic E-state index is 0.206. The third-order valence-electron chi connectivity index (χ3n) is 8.68. The maximum atomic E-state index is 12.0. The van der Waals surface area contributed by atoms with Crippen LogP contribution in [0.5, 0.6) is 23.0 Å². The second kappa shape index (κ2) is 13.9. The van der Waals surface area contributed by atoms with Gasteiger partial charge in [0.15, 0.2) is 11.5 Å². The van der Waals surface area contributed by atoms with Crippen LogP contribution in [-0.4, -0.2) is 46.8 Å². The Hall–Kier alpha value is -5.07. The molecular weight excluding hydrogens is 582 g/mol. The zero-order chi connectivity index (χ0) is 32.0. The first kappa shape index (κ1) is 30.9. The first-order valence-electron chi connectivity index (χ1n) is 15.6. The Kier molecular flexibility index (Phi) is 9.36. The molecule has 0 saturated carbocycles. The normalized spacial score (nSPS) is 16.0. The van der Waals surface area contributed by atoms with Gasteiger partial charge in [0, 0.05) is 36.1 Å². The van der Waals surface area contributed by atoms with Crippen molar-refractivity contribution in [3.8, 4) is 40.2 Å². The number of pyridine rings is 1. The van der Waals surface area contributed by atoms with Crippen LogP contribution in [0.1, 0.15) is 52.6 Å². The van der Waals surface area contributed by atoms with Crippen molar-refractivity contribution >= 4 is 5.97 Å². The van der Waals surface area contributed by atoms with Crippen molar-refractivity contribution in [1.29, 1.82) is 5.26 Å². The number of aliphatic carboxylic acids is 1. The number of fused-ring (bicyclic) bond motifs is 1. The number of ether oxygens (including phenoxy) is 4. The van der Waals surface area contributed by atoms with E-state index < -0.39 is 12.0 Å². The SMILES string of the molecule is Cc1cc(OCc2cccc(-c3ccc4c(c3)OCCO4)c2C)cc(OCc2cncc(C#N)c2)c1CN1CCCC[C@H]1C(=O)O. The van der Waals surface area contributed by atoms with E-state index in [1.54, 1.807) is 12.3 Å². The summed E-state index contributed by atoms with van der Waals surface area (Å²) in [5.41, 5.74) is 7.40. The number of likely N-dealkylation sites (tertiary alicyclic amines) is 1. The molecule has 3 aromatic carbocycles. The highest BCUT2D eigenvalue weighted by atomic mass is 16.6. The number of carboxylic acids is 1. The van der Waals surface area contributed by atoms with Gasteiger partial charge in [-0.2, -0.15) is 5.26 Å². The molecule has 6 rings (SSSR count). The van der Waals surface area contributed by atoms with Crippen LogP contribution in [0, 0.1) is 25.2 Å². The summed E-state index contributed by atoms with van der Waals surface area (Å²) >= 11 is 0. The van der Waals surface area contributed by atoms with E-state index in [1.165, 1.54) is 6.20 Å². The van der Waals surface area contributed by atoms with Crippen LogP contribution < -0.4 is 18.9 Å². The lowest BCUT2D eigenvalue weighted by Gasteiger charge is -2.33. The summed E-state index contributed by atoms with van der Waals surface area (Å²) in [6, 6.07) is 19.4. The highest BCUT2D eigenvalue weighted by Gasteiger charge is 2.29. The van der Waals surface area contributed by atoms with Crippen LogP contribution in [-0.2, 0) is 24.6 Å². The van der Waals surface area contributed by atoms with Crippen molar-refractivity contribution in [1.82, 2.24) is 9.88 Å². The lowest BCUT2D eigenvalue weighted by Crippen LogP contribution is -2.44. The quantitative estimate of drug-likeness (QED) is 0.210. The van der Waals surface area contributed by atoms with E-state index in [-0.39, 0.29) is 6.61 Å². The fourth-order valence-corrected chi connectivity index (χ4v) is 6.14. The van der Waals surface area contributed by atoms with Gasteiger partial charge in [-0.25, -0.2) is 0 Å². The molecule has 1 N–H and O–H groups in total. The first-order valence-corrected chi connectivity index (χ1v) is 15.6. The van der Waals surface area contributed by atoms with Crippen LogP contribution in [0.25, 0.3) is 11.1 Å². The fraction of sp³-hybridized carbons (Fsp3) is 0.324. The molecule has 1 fully saturated rings. The number of benzene rings is 3. The van der Waals surface area contributed by atoms with Gasteiger partial charge >= 0.3 is 5.97 Å². The summed E-state index contributed by atoms with van der Waals surface area (Å²) < 4.78 is 24.2. The molecule has 0 spiro atoms. The van der Waals surface area contributed by atoms with E-state index in [2.05, 4.69) is 30.1 Å². The average Bonchev–Trinajstić information content (AvgIpc) is 3.08. The molecule has 0 aliphatic carbocycles. The summed E-state index contributed by atoms with van der Waals surface area (Å²) in [5.74, 6) is 1.98. The summed E-state index contributed by atoms with van der Waals surface area (Å²) in [4.78, 5) is 18.2. The van der Waals surface area contributed by atoms with Gasteiger partial charge in [-0.05, 0) is 85.3 Å². The molecule has 4 aromatic rings. The summed E-state index contributed by atoms with van der Waals surface area (Å²) in [6.07, 6.45) is 5.68. The van der Waals surface area contributed by atoms with Gasteiger partial charge in [-0.3, -0.25) is 14.7 Å². The Morgan fingerprint density at radius 2 is 1.87 bits per heavy atom. The molecule has 9 nitrogen and oxygen atoms in total. The van der Waals surface area contributed by atoms with E-state index in [4.69, 9.17) is 18.9 Å². The predicted octanol–water partition coefficient (Wildman–Crippen LogP) is 6.61. The molecule has 0 bridgehead atoms. The molecule has 2 aliphatic heterocycles. The minimum Gasteiger partial charge on any atom is -0.489 e. The molecule has 0 radical (unpaired) electrons. The molecule has 236 valence electrons. The van der Waals surface area contributed by atoms with Gasteiger partial charge in [0.1, 0.15) is 50.0 Å². The van der Waals surface area contributed by atoms with Crippen LogP contribution in [0.3, 0.4) is 0 Å². The van der Waals surface area contributed by atoms with E-state index in [0.29, 0.717) is 56.4 Å². The Morgan fingerprint density at radius 1 is 1.02 bits per heavy atom. The first-order chi connectivity index (χ1) is 22.4. The standard InChI is InChI=1S/C37H37N3O6/c1-24-14-30(45-23-29-6-5-7-31(25(29)2)28-9-10-34-36(16-28)44-13-12-43-34)17-35(46-22-27-15-26(18-38)19-39-20-27)32(24)21-40-11-4-3-8-33(40)37(41)42/h5-7,9-10,14-17,19-20,33H,3-4,8,11-13,21-23H2,1-2H3,(H,41,42)/t33-/m0/s1. The van der Waals surface area contributed by atoms with Crippen molar-refractivity contribution in [3.63, 3.8) is 0 Å². The average molecular weight is 620 g/mol. The summed E-state index contributed by atoms with van der Waals surface area (Å²) in [7, 11) is 0. The number of hydrogen-bond donors (Lipinski definition) is 1. The summed E-state index contributed by atoms with van der Waals surface area (Å²) in [6.45, 7) is 6.90. The number of nitrogens with zero attached hydrogens (tertiary/aromatic N) is 3. The van der Waals surface area contributed by atoms with E-state index >= 15 is 0 Å². The molecule has 46 heavy (non-hydrogen) atoms.